The van der Waals surface area contributed by atoms with Crippen LogP contribution in [0, 0.1) is 12.8 Å². The van der Waals surface area contributed by atoms with Crippen LogP contribution in [0.15, 0.2) is 12.3 Å². The molecule has 154 valence electrons. The van der Waals surface area contributed by atoms with Crippen LogP contribution >= 0.6 is 0 Å². The van der Waals surface area contributed by atoms with Crippen molar-refractivity contribution in [3.63, 3.8) is 0 Å². The van der Waals surface area contributed by atoms with Crippen LogP contribution in [-0.2, 0) is 9.53 Å². The second kappa shape index (κ2) is 9.18. The van der Waals surface area contributed by atoms with E-state index in [1.165, 1.54) is 0 Å². The summed E-state index contributed by atoms with van der Waals surface area (Å²) in [5, 5.41) is 3.54. The van der Waals surface area contributed by atoms with Crippen molar-refractivity contribution in [2.75, 3.05) is 44.7 Å². The quantitative estimate of drug-likeness (QED) is 0.853. The fourth-order valence-electron chi connectivity index (χ4n) is 4.79. The highest BCUT2D eigenvalue weighted by atomic mass is 16.5. The smallest absolute Gasteiger partial charge is 0.226 e. The van der Waals surface area contributed by atoms with Crippen LogP contribution in [0.5, 0.6) is 0 Å². The summed E-state index contributed by atoms with van der Waals surface area (Å²) in [4.78, 5) is 26.7. The van der Waals surface area contributed by atoms with Gasteiger partial charge in [-0.1, -0.05) is 0 Å². The Morgan fingerprint density at radius 1 is 1.14 bits per heavy atom. The molecule has 0 aliphatic carbocycles. The molecule has 0 spiro atoms. The zero-order valence-electron chi connectivity index (χ0n) is 17.0. The third-order valence-corrected chi connectivity index (χ3v) is 6.38. The Morgan fingerprint density at radius 3 is 2.68 bits per heavy atom. The third-order valence-electron chi connectivity index (χ3n) is 6.38. The molecule has 2 atom stereocenters. The number of ether oxygens (including phenoxy) is 1. The second-order valence-electron chi connectivity index (χ2n) is 8.47. The summed E-state index contributed by atoms with van der Waals surface area (Å²) in [7, 11) is 0. The van der Waals surface area contributed by atoms with Crippen molar-refractivity contribution in [1.29, 1.82) is 0 Å². The lowest BCUT2D eigenvalue weighted by Gasteiger charge is -2.36. The van der Waals surface area contributed by atoms with E-state index in [0.717, 1.165) is 83.6 Å². The van der Waals surface area contributed by atoms with E-state index < -0.39 is 0 Å². The van der Waals surface area contributed by atoms with E-state index in [0.29, 0.717) is 17.9 Å². The maximum atomic E-state index is 13.1. The van der Waals surface area contributed by atoms with Gasteiger partial charge < -0.3 is 15.0 Å². The lowest BCUT2D eigenvalue weighted by atomic mass is 9.99. The zero-order chi connectivity index (χ0) is 19.3. The molecule has 0 radical (unpaired) electrons. The van der Waals surface area contributed by atoms with Crippen molar-refractivity contribution in [2.45, 2.75) is 57.5 Å². The van der Waals surface area contributed by atoms with Crippen LogP contribution in [0.3, 0.4) is 0 Å². The first kappa shape index (κ1) is 19.6. The molecule has 1 amide bonds. The minimum atomic E-state index is 0.103. The van der Waals surface area contributed by atoms with Crippen molar-refractivity contribution >= 4 is 11.9 Å². The Morgan fingerprint density at radius 2 is 1.93 bits per heavy atom. The first-order valence-electron chi connectivity index (χ1n) is 10.9. The topological polar surface area (TPSA) is 70.6 Å². The monoisotopic (exact) mass is 387 g/mol. The van der Waals surface area contributed by atoms with Crippen molar-refractivity contribution in [1.82, 2.24) is 19.8 Å². The molecule has 28 heavy (non-hydrogen) atoms. The molecule has 0 unspecified atom stereocenters. The highest BCUT2D eigenvalue weighted by Gasteiger charge is 2.35. The van der Waals surface area contributed by atoms with Gasteiger partial charge in [0.15, 0.2) is 0 Å². The van der Waals surface area contributed by atoms with Gasteiger partial charge in [-0.2, -0.15) is 0 Å². The van der Waals surface area contributed by atoms with Gasteiger partial charge in [0.05, 0.1) is 5.92 Å². The van der Waals surface area contributed by atoms with Crippen molar-refractivity contribution < 1.29 is 9.53 Å². The first-order valence-corrected chi connectivity index (χ1v) is 10.9. The molecule has 0 aromatic carbocycles. The minimum absolute atomic E-state index is 0.103. The zero-order valence-corrected chi connectivity index (χ0v) is 17.0. The Balaban J connectivity index is 1.47. The number of rotatable bonds is 4. The molecule has 3 fully saturated rings. The number of aryl methyl sites for hydroxylation is 1. The predicted molar refractivity (Wildman–Crippen MR) is 108 cm³/mol. The number of amides is 1. The third kappa shape index (κ3) is 4.81. The van der Waals surface area contributed by atoms with Gasteiger partial charge in [-0.05, 0) is 51.5 Å². The van der Waals surface area contributed by atoms with E-state index in [1.54, 1.807) is 6.20 Å². The van der Waals surface area contributed by atoms with Gasteiger partial charge in [0.25, 0.3) is 0 Å². The van der Waals surface area contributed by atoms with Crippen LogP contribution in [0.1, 0.15) is 44.2 Å². The summed E-state index contributed by atoms with van der Waals surface area (Å²) in [5.74, 6) is 1.16. The first-order chi connectivity index (χ1) is 13.7. The number of anilines is 1. The molecule has 1 aromatic heterocycles. The van der Waals surface area contributed by atoms with E-state index in [9.17, 15) is 4.79 Å². The van der Waals surface area contributed by atoms with Gasteiger partial charge in [-0.15, -0.1) is 0 Å². The van der Waals surface area contributed by atoms with Gasteiger partial charge in [0.2, 0.25) is 11.9 Å². The fourth-order valence-corrected chi connectivity index (χ4v) is 4.79. The van der Waals surface area contributed by atoms with Gasteiger partial charge in [0, 0.05) is 63.4 Å². The van der Waals surface area contributed by atoms with Crippen LogP contribution in [0.4, 0.5) is 5.95 Å². The standard InChI is InChI=1S/C21H33N5O2/c1-16-6-9-22-21(23-16)24-18-5-4-17(20(27)25-10-2-3-11-25)14-26(15-18)19-7-12-28-13-8-19/h6,9,17-19H,2-5,7-8,10-15H2,1H3,(H,22,23,24)/t17-,18+/m1/s1. The van der Waals surface area contributed by atoms with Gasteiger partial charge in [-0.3, -0.25) is 9.69 Å². The molecular weight excluding hydrogens is 354 g/mol. The number of carbonyl (C=O) groups is 1. The van der Waals surface area contributed by atoms with Crippen molar-refractivity contribution in [3.05, 3.63) is 18.0 Å². The molecule has 7 nitrogen and oxygen atoms in total. The summed E-state index contributed by atoms with van der Waals surface area (Å²) in [6.07, 6.45) is 8.11. The number of nitrogens with zero attached hydrogens (tertiary/aromatic N) is 4. The van der Waals surface area contributed by atoms with Crippen molar-refractivity contribution in [2.24, 2.45) is 5.92 Å². The molecule has 3 aliphatic rings. The number of aromatic nitrogens is 2. The summed E-state index contributed by atoms with van der Waals surface area (Å²) in [5.41, 5.74) is 0.967. The highest BCUT2D eigenvalue weighted by Crippen LogP contribution is 2.26. The van der Waals surface area contributed by atoms with Crippen LogP contribution in [0.2, 0.25) is 0 Å². The summed E-state index contributed by atoms with van der Waals surface area (Å²) < 4.78 is 5.58. The largest absolute Gasteiger partial charge is 0.381 e. The number of nitrogens with one attached hydrogen (secondary N) is 1. The van der Waals surface area contributed by atoms with E-state index >= 15 is 0 Å². The Hall–Kier alpha value is -1.73. The lowest BCUT2D eigenvalue weighted by Crippen LogP contribution is -2.47. The number of likely N-dealkylation sites (tertiary alicyclic amines) is 2. The van der Waals surface area contributed by atoms with Crippen LogP contribution in [-0.4, -0.2) is 77.2 Å². The van der Waals surface area contributed by atoms with E-state index in [2.05, 4.69) is 25.1 Å². The normalized spacial score (nSPS) is 27.5. The molecular formula is C21H33N5O2. The van der Waals surface area contributed by atoms with Gasteiger partial charge >= 0.3 is 0 Å². The summed E-state index contributed by atoms with van der Waals surface area (Å²) in [6.45, 7) is 7.31. The Kier molecular flexibility index (Phi) is 6.42. The fraction of sp³-hybridized carbons (Fsp3) is 0.762. The molecule has 0 bridgehead atoms. The SMILES string of the molecule is Cc1ccnc(N[C@H]2CC[C@@H](C(=O)N3CCCC3)CN(C3CCOCC3)C2)n1. The number of carbonyl (C=O) groups excluding carboxylic acids is 1. The number of hydrogen-bond donors (Lipinski definition) is 1. The van der Waals surface area contributed by atoms with Gasteiger partial charge in [0.1, 0.15) is 0 Å². The minimum Gasteiger partial charge on any atom is -0.381 e. The van der Waals surface area contributed by atoms with E-state index in [4.69, 9.17) is 4.74 Å². The molecule has 0 saturated carbocycles. The molecule has 4 heterocycles. The summed E-state index contributed by atoms with van der Waals surface area (Å²) >= 11 is 0. The van der Waals surface area contributed by atoms with Crippen LogP contribution in [0.25, 0.3) is 0 Å². The lowest BCUT2D eigenvalue weighted by molar-refractivity contribution is -0.135. The summed E-state index contributed by atoms with van der Waals surface area (Å²) in [6, 6.07) is 2.68. The van der Waals surface area contributed by atoms with Crippen molar-refractivity contribution in [3.8, 4) is 0 Å². The molecule has 3 saturated heterocycles. The molecule has 4 rings (SSSR count). The predicted octanol–water partition coefficient (Wildman–Crippen LogP) is 2.08. The highest BCUT2D eigenvalue weighted by molar-refractivity contribution is 5.79. The average molecular weight is 388 g/mol. The van der Waals surface area contributed by atoms with Crippen LogP contribution < -0.4 is 5.32 Å². The Bertz CT molecular complexity index is 658. The maximum Gasteiger partial charge on any atom is 0.226 e. The molecule has 1 aromatic rings. The average Bonchev–Trinajstić information content (AvgIpc) is 3.17. The second-order valence-corrected chi connectivity index (χ2v) is 8.47. The molecule has 1 N–H and O–H groups in total. The van der Waals surface area contributed by atoms with E-state index in [1.807, 2.05) is 13.0 Å². The molecule has 3 aliphatic heterocycles. The number of hydrogen-bond acceptors (Lipinski definition) is 6. The van der Waals surface area contributed by atoms with E-state index in [-0.39, 0.29) is 12.0 Å². The maximum absolute atomic E-state index is 13.1. The van der Waals surface area contributed by atoms with Gasteiger partial charge in [-0.25, -0.2) is 9.97 Å². The Labute approximate surface area is 167 Å². The molecule has 7 heteroatoms.